The van der Waals surface area contributed by atoms with Gasteiger partial charge in [0, 0.05) is 24.1 Å². The van der Waals surface area contributed by atoms with Gasteiger partial charge in [-0.1, -0.05) is 23.8 Å². The fourth-order valence-electron chi connectivity index (χ4n) is 5.39. The van der Waals surface area contributed by atoms with Crippen LogP contribution in [0.2, 0.25) is 0 Å². The van der Waals surface area contributed by atoms with Crippen LogP contribution >= 0.6 is 0 Å². The third-order valence-electron chi connectivity index (χ3n) is 7.21. The van der Waals surface area contributed by atoms with Crippen molar-refractivity contribution in [2.24, 2.45) is 17.8 Å². The van der Waals surface area contributed by atoms with Crippen LogP contribution in [-0.4, -0.2) is 32.6 Å². The lowest BCUT2D eigenvalue weighted by Gasteiger charge is -2.18. The molecule has 3 unspecified atom stereocenters. The third kappa shape index (κ3) is 4.27. The van der Waals surface area contributed by atoms with E-state index in [1.54, 1.807) is 14.2 Å². The number of carbonyl (C=O) groups is 2. The van der Waals surface area contributed by atoms with Crippen LogP contribution in [0.3, 0.4) is 0 Å². The average Bonchev–Trinajstić information content (AvgIpc) is 3.51. The summed E-state index contributed by atoms with van der Waals surface area (Å²) in [6.45, 7) is 5.00. The van der Waals surface area contributed by atoms with Crippen LogP contribution in [0.1, 0.15) is 59.7 Å². The predicted octanol–water partition coefficient (Wildman–Crippen LogP) is 4.28. The molecule has 2 bridgehead atoms. The minimum Gasteiger partial charge on any atom is -0.496 e. The summed E-state index contributed by atoms with van der Waals surface area (Å²) < 4.78 is 16.5. The van der Waals surface area contributed by atoms with Crippen molar-refractivity contribution in [1.82, 2.24) is 5.32 Å². The molecule has 1 saturated carbocycles. The van der Waals surface area contributed by atoms with Crippen LogP contribution in [0, 0.1) is 24.7 Å². The van der Waals surface area contributed by atoms with E-state index in [1.807, 2.05) is 13.8 Å². The maximum absolute atomic E-state index is 12.3. The normalized spacial score (nSPS) is 23.3. The molecule has 3 atom stereocenters. The zero-order valence-corrected chi connectivity index (χ0v) is 19.5. The van der Waals surface area contributed by atoms with E-state index in [9.17, 15) is 9.59 Å². The molecule has 6 nitrogen and oxygen atoms in total. The Morgan fingerprint density at radius 1 is 1.19 bits per heavy atom. The molecule has 1 amide bonds. The molecule has 172 valence electrons. The van der Waals surface area contributed by atoms with Crippen molar-refractivity contribution in [2.45, 2.75) is 52.6 Å². The number of hydrogen-bond acceptors (Lipinski definition) is 5. The van der Waals surface area contributed by atoms with Crippen molar-refractivity contribution in [3.05, 3.63) is 46.1 Å². The first kappa shape index (κ1) is 22.4. The van der Waals surface area contributed by atoms with Gasteiger partial charge >= 0.3 is 5.97 Å². The van der Waals surface area contributed by atoms with Crippen LogP contribution in [0.15, 0.2) is 23.8 Å². The van der Waals surface area contributed by atoms with E-state index >= 15 is 0 Å². The summed E-state index contributed by atoms with van der Waals surface area (Å²) in [7, 11) is 3.19. The molecule has 3 aliphatic rings. The number of cyclic esters (lactones) is 1. The number of amides is 1. The Morgan fingerprint density at radius 3 is 2.62 bits per heavy atom. The van der Waals surface area contributed by atoms with Crippen molar-refractivity contribution in [1.29, 1.82) is 0 Å². The topological polar surface area (TPSA) is 73.9 Å². The van der Waals surface area contributed by atoms with Gasteiger partial charge in [0.15, 0.2) is 0 Å². The standard InChI is InChI=1S/C26H33NO5/c1-15(6-10-22(28)27-13-19-12-17-7-8-18(19)11-17)5-9-20-24(30-3)16(2)21-14-32-26(29)23(21)25(20)31-4/h5,7-8,17-19H,6,9-14H2,1-4H3,(H,27,28). The van der Waals surface area contributed by atoms with Gasteiger partial charge < -0.3 is 19.5 Å². The molecule has 1 N–H and O–H groups in total. The number of esters is 1. The van der Waals surface area contributed by atoms with Crippen LogP contribution in [-0.2, 0) is 22.6 Å². The summed E-state index contributed by atoms with van der Waals surface area (Å²) in [6.07, 6.45) is 10.9. The minimum absolute atomic E-state index is 0.107. The molecule has 1 heterocycles. The van der Waals surface area contributed by atoms with E-state index in [4.69, 9.17) is 14.2 Å². The van der Waals surface area contributed by atoms with E-state index in [2.05, 4.69) is 23.5 Å². The van der Waals surface area contributed by atoms with E-state index in [0.717, 1.165) is 40.5 Å². The van der Waals surface area contributed by atoms with Gasteiger partial charge in [-0.15, -0.1) is 0 Å². The number of methoxy groups -OCH3 is 2. The highest BCUT2D eigenvalue weighted by Gasteiger charge is 2.35. The van der Waals surface area contributed by atoms with Crippen LogP contribution in [0.5, 0.6) is 11.5 Å². The second kappa shape index (κ2) is 9.39. The lowest BCUT2D eigenvalue weighted by Crippen LogP contribution is -2.30. The summed E-state index contributed by atoms with van der Waals surface area (Å²) in [5.41, 5.74) is 4.19. The van der Waals surface area contributed by atoms with Crippen molar-refractivity contribution in [2.75, 3.05) is 20.8 Å². The second-order valence-corrected chi connectivity index (χ2v) is 9.20. The molecule has 1 fully saturated rings. The van der Waals surface area contributed by atoms with E-state index < -0.39 is 0 Å². The monoisotopic (exact) mass is 439 g/mol. The van der Waals surface area contributed by atoms with E-state index in [0.29, 0.717) is 42.4 Å². The number of benzene rings is 1. The molecule has 1 aromatic carbocycles. The molecule has 0 radical (unpaired) electrons. The number of ether oxygens (including phenoxy) is 3. The second-order valence-electron chi connectivity index (χ2n) is 9.20. The first-order valence-corrected chi connectivity index (χ1v) is 11.5. The number of carbonyl (C=O) groups excluding carboxylic acids is 2. The van der Waals surface area contributed by atoms with Gasteiger partial charge in [0.25, 0.3) is 0 Å². The van der Waals surface area contributed by atoms with Crippen molar-refractivity contribution in [3.63, 3.8) is 0 Å². The zero-order valence-electron chi connectivity index (χ0n) is 19.5. The Kier molecular flexibility index (Phi) is 6.58. The summed E-state index contributed by atoms with van der Waals surface area (Å²) in [4.78, 5) is 24.6. The highest BCUT2D eigenvalue weighted by molar-refractivity contribution is 5.98. The average molecular weight is 440 g/mol. The zero-order chi connectivity index (χ0) is 22.8. The SMILES string of the molecule is COc1c(C)c2c(c(OC)c1CC=C(C)CCC(=O)NCC1CC3C=CC1C3)C(=O)OC2. The summed E-state index contributed by atoms with van der Waals surface area (Å²) in [5, 5.41) is 3.12. The van der Waals surface area contributed by atoms with Crippen LogP contribution in [0.25, 0.3) is 0 Å². The maximum Gasteiger partial charge on any atom is 0.342 e. The Labute approximate surface area is 190 Å². The fourth-order valence-corrected chi connectivity index (χ4v) is 5.39. The molecule has 0 spiro atoms. The van der Waals surface area contributed by atoms with Crippen LogP contribution in [0.4, 0.5) is 0 Å². The summed E-state index contributed by atoms with van der Waals surface area (Å²) in [5.74, 6) is 2.97. The molecule has 2 aliphatic carbocycles. The first-order valence-electron chi connectivity index (χ1n) is 11.5. The van der Waals surface area contributed by atoms with Gasteiger partial charge in [-0.05, 0) is 62.8 Å². The molecular formula is C26H33NO5. The van der Waals surface area contributed by atoms with Gasteiger partial charge in [-0.3, -0.25) is 4.79 Å². The molecular weight excluding hydrogens is 406 g/mol. The molecule has 4 rings (SSSR count). The largest absolute Gasteiger partial charge is 0.496 e. The van der Waals surface area contributed by atoms with Crippen LogP contribution < -0.4 is 14.8 Å². The van der Waals surface area contributed by atoms with Gasteiger partial charge in [0.05, 0.1) is 14.2 Å². The van der Waals surface area contributed by atoms with E-state index in [1.165, 1.54) is 12.8 Å². The lowest BCUT2D eigenvalue weighted by atomic mass is 9.93. The van der Waals surface area contributed by atoms with Gasteiger partial charge in [-0.2, -0.15) is 0 Å². The van der Waals surface area contributed by atoms with Crippen molar-refractivity contribution < 1.29 is 23.8 Å². The van der Waals surface area contributed by atoms with Gasteiger partial charge in [0.2, 0.25) is 5.91 Å². The molecule has 1 aliphatic heterocycles. The lowest BCUT2D eigenvalue weighted by molar-refractivity contribution is -0.121. The molecule has 0 aromatic heterocycles. The molecule has 6 heteroatoms. The highest BCUT2D eigenvalue weighted by Crippen LogP contribution is 2.43. The molecule has 1 aromatic rings. The fraction of sp³-hybridized carbons (Fsp3) is 0.538. The summed E-state index contributed by atoms with van der Waals surface area (Å²) >= 11 is 0. The number of nitrogens with one attached hydrogen (secondary N) is 1. The maximum atomic E-state index is 12.3. The van der Waals surface area contributed by atoms with Crippen molar-refractivity contribution in [3.8, 4) is 11.5 Å². The number of rotatable bonds is 9. The quantitative estimate of drug-likeness (QED) is 0.459. The first-order chi connectivity index (χ1) is 15.4. The minimum atomic E-state index is -0.354. The van der Waals surface area contributed by atoms with Gasteiger partial charge in [0.1, 0.15) is 23.7 Å². The third-order valence-corrected chi connectivity index (χ3v) is 7.21. The number of allylic oxidation sites excluding steroid dienone is 4. The Hall–Kier alpha value is -2.76. The number of fused-ring (bicyclic) bond motifs is 3. The Bertz CT molecular complexity index is 977. The van der Waals surface area contributed by atoms with Crippen molar-refractivity contribution >= 4 is 11.9 Å². The van der Waals surface area contributed by atoms with Gasteiger partial charge in [-0.25, -0.2) is 4.79 Å². The summed E-state index contributed by atoms with van der Waals surface area (Å²) in [6, 6.07) is 0. The highest BCUT2D eigenvalue weighted by atomic mass is 16.5. The number of hydrogen-bond donors (Lipinski definition) is 1. The molecule has 32 heavy (non-hydrogen) atoms. The predicted molar refractivity (Wildman–Crippen MR) is 122 cm³/mol. The molecule has 0 saturated heterocycles. The smallest absolute Gasteiger partial charge is 0.342 e. The van der Waals surface area contributed by atoms with E-state index in [-0.39, 0.29) is 18.5 Å². The Morgan fingerprint density at radius 2 is 1.97 bits per heavy atom. The Balaban J connectivity index is 1.37.